The fourth-order valence-corrected chi connectivity index (χ4v) is 8.36. The van der Waals surface area contributed by atoms with Crippen LogP contribution in [-0.4, -0.2) is 145 Å². The molecule has 6 bridgehead atoms. The van der Waals surface area contributed by atoms with Crippen molar-refractivity contribution in [2.75, 3.05) is 42.0 Å². The van der Waals surface area contributed by atoms with Gasteiger partial charge in [-0.25, -0.2) is 0 Å². The molecule has 0 unspecified atom stereocenters. The first-order valence-corrected chi connectivity index (χ1v) is 22.7. The number of ether oxygens (including phenoxy) is 4. The van der Waals surface area contributed by atoms with Gasteiger partial charge in [-0.1, -0.05) is 42.5 Å². The minimum Gasteiger partial charge on any atom is -0.497 e. The number of nitrogens with one attached hydrogen (secondary N) is 3. The zero-order chi connectivity index (χ0) is 50.3. The molecular formula is C51H62N6O12. The highest BCUT2D eigenvalue weighted by atomic mass is 16.5. The Morgan fingerprint density at radius 1 is 0.652 bits per heavy atom. The Morgan fingerprint density at radius 3 is 1.88 bits per heavy atom. The van der Waals surface area contributed by atoms with Crippen molar-refractivity contribution < 1.29 is 57.9 Å². The Bertz CT molecular complexity index is 2520. The van der Waals surface area contributed by atoms with E-state index in [1.54, 1.807) is 84.9 Å². The van der Waals surface area contributed by atoms with Gasteiger partial charge in [0, 0.05) is 40.4 Å². The maximum atomic E-state index is 14.9. The summed E-state index contributed by atoms with van der Waals surface area (Å²) < 4.78 is 23.4. The molecule has 0 radical (unpaired) electrons. The number of hydrogen-bond donors (Lipinski definition) is 5. The van der Waals surface area contributed by atoms with Crippen molar-refractivity contribution in [2.45, 2.75) is 95.4 Å². The number of aliphatic hydroxyl groups excluding tert-OH is 2. The lowest BCUT2D eigenvalue weighted by Crippen LogP contribution is -2.61. The number of carbonyl (C=O) groups is 6. The monoisotopic (exact) mass is 950 g/mol. The van der Waals surface area contributed by atoms with Gasteiger partial charge in [0.15, 0.2) is 17.6 Å². The topological polar surface area (TPSA) is 226 Å². The van der Waals surface area contributed by atoms with Crippen LogP contribution in [-0.2, 0) is 48.0 Å². The molecule has 18 nitrogen and oxygen atoms in total. The lowest BCUT2D eigenvalue weighted by atomic mass is 9.98. The lowest BCUT2D eigenvalue weighted by molar-refractivity contribution is -0.149. The van der Waals surface area contributed by atoms with Crippen molar-refractivity contribution in [3.05, 3.63) is 113 Å². The Labute approximate surface area is 401 Å². The van der Waals surface area contributed by atoms with E-state index in [1.165, 1.54) is 70.8 Å². The van der Waals surface area contributed by atoms with Gasteiger partial charge in [-0.05, 0) is 98.0 Å². The van der Waals surface area contributed by atoms with Crippen LogP contribution < -0.4 is 34.9 Å². The molecule has 6 amide bonds. The highest BCUT2D eigenvalue weighted by molar-refractivity contribution is 5.98. The molecule has 7 rings (SSSR count). The molecular weight excluding hydrogens is 889 g/mol. The fraction of sp³-hybridized carbons (Fsp3) is 0.412. The number of aliphatic hydroxyl groups is 2. The Kier molecular flexibility index (Phi) is 16.5. The predicted octanol–water partition coefficient (Wildman–Crippen LogP) is 2.63. The summed E-state index contributed by atoms with van der Waals surface area (Å²) >= 11 is 0. The number of nitrogens with zero attached hydrogens (tertiary/aromatic N) is 3. The van der Waals surface area contributed by atoms with E-state index in [2.05, 4.69) is 16.0 Å². The molecule has 5 N–H and O–H groups in total. The molecule has 4 aromatic rings. The molecule has 0 aromatic heterocycles. The summed E-state index contributed by atoms with van der Waals surface area (Å²) in [7, 11) is 7.36. The number of carbonyl (C=O) groups excluding carboxylic acids is 6. The molecule has 1 fully saturated rings. The van der Waals surface area contributed by atoms with Crippen molar-refractivity contribution >= 4 is 35.4 Å². The second-order valence-corrected chi connectivity index (χ2v) is 17.6. The molecule has 4 aromatic carbocycles. The van der Waals surface area contributed by atoms with Crippen LogP contribution in [0.1, 0.15) is 54.7 Å². The summed E-state index contributed by atoms with van der Waals surface area (Å²) in [4.78, 5) is 89.4. The average Bonchev–Trinajstić information content (AvgIpc) is 3.34. The van der Waals surface area contributed by atoms with E-state index in [9.17, 15) is 39.0 Å². The highest BCUT2D eigenvalue weighted by Gasteiger charge is 2.39. The second kappa shape index (κ2) is 22.3. The van der Waals surface area contributed by atoms with Gasteiger partial charge in [0.05, 0.1) is 20.8 Å². The molecule has 0 aliphatic carbocycles. The Hall–Kier alpha value is -7.18. The number of methoxy groups -OCH3 is 2. The van der Waals surface area contributed by atoms with Crippen LogP contribution in [0.5, 0.6) is 28.7 Å². The summed E-state index contributed by atoms with van der Waals surface area (Å²) in [5.74, 6) is -2.07. The van der Waals surface area contributed by atoms with Gasteiger partial charge < -0.3 is 59.8 Å². The van der Waals surface area contributed by atoms with Crippen LogP contribution in [0.15, 0.2) is 84.9 Å². The quantitative estimate of drug-likeness (QED) is 0.163. The standard InChI is InChI=1S/C51H62N6O12/c1-28-10-16-35(26-42(28)67-9)45(59)44(27-58)69-41-21-15-34-24-39-47(61)52-29(2)46(60)53-30(3)49(63)55(5)38(22-32-11-17-36(66-8)18-12-32)48(62)54-31(4)50(64)57(7)40(51(65)56(39)6)23-33-13-19-37(20-14-33)68-43(41)25-34/h10-21,25-26,29-31,38-40,44-45,58-59H,22-24,27H2,1-9H3,(H,52,61)(H,53,60)(H,54,62)/t29-,30+,31+,38+,39+,40+,44-,45-/m1/s1. The number of likely N-dealkylation sites (N-methyl/N-ethyl adjacent to an activating group) is 3. The maximum Gasteiger partial charge on any atom is 0.246 e. The second-order valence-electron chi connectivity index (χ2n) is 17.6. The van der Waals surface area contributed by atoms with Crippen LogP contribution >= 0.6 is 0 Å². The third kappa shape index (κ3) is 11.9. The van der Waals surface area contributed by atoms with Gasteiger partial charge in [0.1, 0.15) is 59.6 Å². The van der Waals surface area contributed by atoms with Crippen LogP contribution in [0.3, 0.4) is 0 Å². The molecule has 8 atom stereocenters. The first-order valence-electron chi connectivity index (χ1n) is 22.7. The lowest BCUT2D eigenvalue weighted by Gasteiger charge is -2.36. The predicted molar refractivity (Wildman–Crippen MR) is 254 cm³/mol. The molecule has 3 aliphatic rings. The summed E-state index contributed by atoms with van der Waals surface area (Å²) in [5.41, 5.74) is 3.09. The van der Waals surface area contributed by atoms with Crippen molar-refractivity contribution in [1.29, 1.82) is 0 Å². The van der Waals surface area contributed by atoms with Gasteiger partial charge in [0.2, 0.25) is 35.4 Å². The summed E-state index contributed by atoms with van der Waals surface area (Å²) in [6.07, 6.45) is -2.55. The van der Waals surface area contributed by atoms with Gasteiger partial charge >= 0.3 is 0 Å². The van der Waals surface area contributed by atoms with Gasteiger partial charge in [-0.15, -0.1) is 0 Å². The molecule has 3 heterocycles. The molecule has 368 valence electrons. The first kappa shape index (κ1) is 51.2. The third-order valence-electron chi connectivity index (χ3n) is 12.7. The van der Waals surface area contributed by atoms with E-state index in [4.69, 9.17) is 18.9 Å². The summed E-state index contributed by atoms with van der Waals surface area (Å²) in [6, 6.07) is 16.5. The Morgan fingerprint density at radius 2 is 1.25 bits per heavy atom. The molecule has 0 spiro atoms. The summed E-state index contributed by atoms with van der Waals surface area (Å²) in [5, 5.41) is 30.0. The van der Waals surface area contributed by atoms with Crippen LogP contribution in [0.4, 0.5) is 0 Å². The van der Waals surface area contributed by atoms with E-state index in [-0.39, 0.29) is 30.8 Å². The fourth-order valence-electron chi connectivity index (χ4n) is 8.36. The average molecular weight is 951 g/mol. The summed E-state index contributed by atoms with van der Waals surface area (Å²) in [6.45, 7) is 5.67. The molecule has 1 saturated heterocycles. The van der Waals surface area contributed by atoms with Crippen molar-refractivity contribution in [3.8, 4) is 28.7 Å². The largest absolute Gasteiger partial charge is 0.497 e. The zero-order valence-corrected chi connectivity index (χ0v) is 40.3. The minimum absolute atomic E-state index is 0.0196. The smallest absolute Gasteiger partial charge is 0.246 e. The van der Waals surface area contributed by atoms with Crippen LogP contribution in [0.2, 0.25) is 0 Å². The normalized spacial score (nSPS) is 22.9. The van der Waals surface area contributed by atoms with Crippen LogP contribution in [0, 0.1) is 6.92 Å². The van der Waals surface area contributed by atoms with E-state index < -0.39 is 90.5 Å². The molecule has 0 saturated carbocycles. The minimum atomic E-state index is -1.29. The number of benzene rings is 4. The van der Waals surface area contributed by atoms with E-state index >= 15 is 0 Å². The maximum absolute atomic E-state index is 14.9. The number of rotatable bonds is 9. The van der Waals surface area contributed by atoms with Gasteiger partial charge in [-0.3, -0.25) is 28.8 Å². The number of hydrogen-bond acceptors (Lipinski definition) is 12. The van der Waals surface area contributed by atoms with Crippen molar-refractivity contribution in [3.63, 3.8) is 0 Å². The third-order valence-corrected chi connectivity index (χ3v) is 12.7. The van der Waals surface area contributed by atoms with E-state index in [0.717, 1.165) is 5.56 Å². The molecule has 3 aliphatic heterocycles. The van der Waals surface area contributed by atoms with Crippen molar-refractivity contribution in [1.82, 2.24) is 30.7 Å². The molecule has 18 heteroatoms. The van der Waals surface area contributed by atoms with Gasteiger partial charge in [-0.2, -0.15) is 0 Å². The molecule has 69 heavy (non-hydrogen) atoms. The SMILES string of the molecule is COc1ccc(C[C@H]2C(=O)N[C@@H](C)C(=O)N(C)[C@H]3Cc4ccc(cc4)Oc4cc(ccc4O[C@H](CO)[C@H](O)c4ccc(C)c(OC)c4)C[C@@H](C(=O)N[C@H](C)C(=O)N[C@@H](C)C(=O)N2C)N(C)C3=O)cc1. The number of fused-ring (bicyclic) bond motifs is 2. The Balaban J connectivity index is 1.38. The number of aryl methyl sites for hydroxylation is 1. The van der Waals surface area contributed by atoms with Crippen molar-refractivity contribution in [2.24, 2.45) is 0 Å². The van der Waals surface area contributed by atoms with E-state index in [1.807, 2.05) is 6.92 Å². The zero-order valence-electron chi connectivity index (χ0n) is 40.3. The highest BCUT2D eigenvalue weighted by Crippen LogP contribution is 2.37. The first-order chi connectivity index (χ1) is 32.8. The van der Waals surface area contributed by atoms with E-state index in [0.29, 0.717) is 39.5 Å². The van der Waals surface area contributed by atoms with Crippen LogP contribution in [0.25, 0.3) is 0 Å². The number of amides is 6. The van der Waals surface area contributed by atoms with Gasteiger partial charge in [0.25, 0.3) is 0 Å².